The fraction of sp³-hybridized carbons (Fsp3) is 0.429. The summed E-state index contributed by atoms with van der Waals surface area (Å²) < 4.78 is 0. The van der Waals surface area contributed by atoms with Gasteiger partial charge in [-0.15, -0.1) is 0 Å². The molecular weight excluding hydrogens is 252 g/mol. The van der Waals surface area contributed by atoms with Gasteiger partial charge in [-0.05, 0) is 38.5 Å². The molecule has 0 fully saturated rings. The predicted octanol–water partition coefficient (Wildman–Crippen LogP) is 1.08. The van der Waals surface area contributed by atoms with E-state index in [-0.39, 0.29) is 0 Å². The molecule has 20 heavy (non-hydrogen) atoms. The molecule has 0 atom stereocenters. The third-order valence-electron chi connectivity index (χ3n) is 4.13. The van der Waals surface area contributed by atoms with Crippen molar-refractivity contribution in [3.8, 4) is 11.4 Å². The van der Waals surface area contributed by atoms with E-state index in [1.807, 2.05) is 0 Å². The minimum absolute atomic E-state index is 0.324. The summed E-state index contributed by atoms with van der Waals surface area (Å²) in [7, 11) is 0. The van der Waals surface area contributed by atoms with Crippen LogP contribution in [0.2, 0.25) is 0 Å². The first kappa shape index (κ1) is 11.6. The molecule has 6 heteroatoms. The summed E-state index contributed by atoms with van der Waals surface area (Å²) in [5.41, 5.74) is 18.0. The van der Waals surface area contributed by atoms with E-state index in [1.54, 1.807) is 0 Å². The highest BCUT2D eigenvalue weighted by Crippen LogP contribution is 2.35. The Morgan fingerprint density at radius 3 is 1.50 bits per heavy atom. The maximum absolute atomic E-state index is 5.86. The van der Waals surface area contributed by atoms with Crippen LogP contribution in [0, 0.1) is 0 Å². The van der Waals surface area contributed by atoms with Crippen molar-refractivity contribution in [2.24, 2.45) is 0 Å². The zero-order valence-corrected chi connectivity index (χ0v) is 11.2. The van der Waals surface area contributed by atoms with E-state index in [2.05, 4.69) is 19.9 Å². The molecule has 2 aromatic rings. The average Bonchev–Trinajstić information content (AvgIpc) is 3.04. The van der Waals surface area contributed by atoms with Crippen molar-refractivity contribution in [2.75, 3.05) is 11.5 Å². The highest BCUT2D eigenvalue weighted by atomic mass is 15.0. The number of nitrogens with two attached hydrogens (primary N) is 2. The topological polar surface area (TPSA) is 104 Å². The summed E-state index contributed by atoms with van der Waals surface area (Å²) in [6.45, 7) is 0. The second-order valence-corrected chi connectivity index (χ2v) is 5.42. The molecule has 0 unspecified atom stereocenters. The quantitative estimate of drug-likeness (QED) is 0.802. The number of hydrogen-bond donors (Lipinski definition) is 2. The van der Waals surface area contributed by atoms with Crippen molar-refractivity contribution in [3.63, 3.8) is 0 Å². The van der Waals surface area contributed by atoms with Crippen molar-refractivity contribution in [1.29, 1.82) is 0 Å². The number of hydrogen-bond acceptors (Lipinski definition) is 6. The van der Waals surface area contributed by atoms with Crippen LogP contribution >= 0.6 is 0 Å². The monoisotopic (exact) mass is 268 g/mol. The minimum Gasteiger partial charge on any atom is -0.368 e. The molecule has 4 rings (SSSR count). The zero-order chi connectivity index (χ0) is 13.7. The summed E-state index contributed by atoms with van der Waals surface area (Å²) in [6, 6.07) is 0. The number of aromatic nitrogens is 4. The van der Waals surface area contributed by atoms with Crippen LogP contribution in [-0.2, 0) is 25.7 Å². The van der Waals surface area contributed by atoms with Gasteiger partial charge in [0.2, 0.25) is 11.9 Å². The number of rotatable bonds is 1. The Labute approximate surface area is 116 Å². The molecular formula is C14H16N6. The second-order valence-electron chi connectivity index (χ2n) is 5.42. The molecule has 2 aliphatic rings. The number of aryl methyl sites for hydroxylation is 2. The molecule has 0 aromatic carbocycles. The number of nitrogen functional groups attached to an aromatic ring is 2. The van der Waals surface area contributed by atoms with Crippen LogP contribution in [0.1, 0.15) is 35.4 Å². The first-order valence-electron chi connectivity index (χ1n) is 7.03. The molecule has 4 N–H and O–H groups in total. The molecule has 6 nitrogen and oxygen atoms in total. The van der Waals surface area contributed by atoms with Crippen LogP contribution in [0.3, 0.4) is 0 Å². The average molecular weight is 268 g/mol. The molecule has 2 heterocycles. The van der Waals surface area contributed by atoms with Crippen LogP contribution in [0.5, 0.6) is 0 Å². The molecule has 2 aliphatic carbocycles. The molecule has 0 radical (unpaired) electrons. The van der Waals surface area contributed by atoms with Gasteiger partial charge < -0.3 is 11.5 Å². The van der Waals surface area contributed by atoms with Gasteiger partial charge in [0.05, 0.1) is 11.4 Å². The highest BCUT2D eigenvalue weighted by molar-refractivity contribution is 5.68. The Balaban J connectivity index is 1.99. The van der Waals surface area contributed by atoms with Crippen molar-refractivity contribution in [2.45, 2.75) is 38.5 Å². The molecule has 0 amide bonds. The highest BCUT2D eigenvalue weighted by Gasteiger charge is 2.26. The van der Waals surface area contributed by atoms with E-state index >= 15 is 0 Å². The second kappa shape index (κ2) is 4.13. The summed E-state index contributed by atoms with van der Waals surface area (Å²) in [5.74, 6) is 0.647. The Kier molecular flexibility index (Phi) is 2.39. The molecule has 0 saturated carbocycles. The Morgan fingerprint density at radius 2 is 1.05 bits per heavy atom. The SMILES string of the molecule is Nc1nc2c(c(-c3nc(N)nc4c3CCC4)n1)CCC2. The maximum atomic E-state index is 5.86. The van der Waals surface area contributed by atoms with Gasteiger partial charge >= 0.3 is 0 Å². The fourth-order valence-electron chi connectivity index (χ4n) is 3.29. The van der Waals surface area contributed by atoms with E-state index < -0.39 is 0 Å². The van der Waals surface area contributed by atoms with Crippen LogP contribution < -0.4 is 11.5 Å². The van der Waals surface area contributed by atoms with Crippen molar-refractivity contribution >= 4 is 11.9 Å². The van der Waals surface area contributed by atoms with E-state index in [0.29, 0.717) is 11.9 Å². The lowest BCUT2D eigenvalue weighted by molar-refractivity contribution is 0.899. The lowest BCUT2D eigenvalue weighted by Crippen LogP contribution is -2.08. The molecule has 0 saturated heterocycles. The number of nitrogens with zero attached hydrogens (tertiary/aromatic N) is 4. The summed E-state index contributed by atoms with van der Waals surface area (Å²) in [6.07, 6.45) is 6.12. The fourth-order valence-corrected chi connectivity index (χ4v) is 3.29. The Bertz CT molecular complexity index is 648. The predicted molar refractivity (Wildman–Crippen MR) is 75.9 cm³/mol. The van der Waals surface area contributed by atoms with Crippen molar-refractivity contribution in [1.82, 2.24) is 19.9 Å². The van der Waals surface area contributed by atoms with Crippen molar-refractivity contribution < 1.29 is 0 Å². The molecule has 0 aliphatic heterocycles. The summed E-state index contributed by atoms with van der Waals surface area (Å²) >= 11 is 0. The van der Waals surface area contributed by atoms with Gasteiger partial charge in [0.1, 0.15) is 0 Å². The van der Waals surface area contributed by atoms with E-state index in [4.69, 9.17) is 11.5 Å². The van der Waals surface area contributed by atoms with Gasteiger partial charge in [-0.2, -0.15) is 0 Å². The molecule has 0 spiro atoms. The van der Waals surface area contributed by atoms with Gasteiger partial charge in [-0.25, -0.2) is 19.9 Å². The van der Waals surface area contributed by atoms with E-state index in [1.165, 1.54) is 11.1 Å². The normalized spacial score (nSPS) is 16.2. The zero-order valence-electron chi connectivity index (χ0n) is 11.2. The van der Waals surface area contributed by atoms with Gasteiger partial charge in [-0.1, -0.05) is 0 Å². The summed E-state index contributed by atoms with van der Waals surface area (Å²) in [5, 5.41) is 0. The first-order valence-corrected chi connectivity index (χ1v) is 7.03. The molecule has 0 bridgehead atoms. The lowest BCUT2D eigenvalue weighted by Gasteiger charge is -2.11. The lowest BCUT2D eigenvalue weighted by atomic mass is 10.0. The summed E-state index contributed by atoms with van der Waals surface area (Å²) in [4.78, 5) is 17.6. The van der Waals surface area contributed by atoms with Gasteiger partial charge in [-0.3, -0.25) is 0 Å². The number of fused-ring (bicyclic) bond motifs is 2. The van der Waals surface area contributed by atoms with Gasteiger partial charge in [0.15, 0.2) is 0 Å². The van der Waals surface area contributed by atoms with Gasteiger partial charge in [0, 0.05) is 22.5 Å². The minimum atomic E-state index is 0.324. The van der Waals surface area contributed by atoms with Crippen LogP contribution in [0.4, 0.5) is 11.9 Å². The Hall–Kier alpha value is -2.24. The maximum Gasteiger partial charge on any atom is 0.220 e. The molecule has 102 valence electrons. The van der Waals surface area contributed by atoms with Crippen LogP contribution in [-0.4, -0.2) is 19.9 Å². The first-order chi connectivity index (χ1) is 9.72. The van der Waals surface area contributed by atoms with Crippen LogP contribution in [0.15, 0.2) is 0 Å². The van der Waals surface area contributed by atoms with Crippen LogP contribution in [0.25, 0.3) is 11.4 Å². The van der Waals surface area contributed by atoms with E-state index in [0.717, 1.165) is 61.3 Å². The smallest absolute Gasteiger partial charge is 0.220 e. The third kappa shape index (κ3) is 1.64. The Morgan fingerprint density at radius 1 is 0.600 bits per heavy atom. The molecule has 2 aromatic heterocycles. The van der Waals surface area contributed by atoms with E-state index in [9.17, 15) is 0 Å². The van der Waals surface area contributed by atoms with Crippen molar-refractivity contribution in [3.05, 3.63) is 22.5 Å². The van der Waals surface area contributed by atoms with Gasteiger partial charge in [0.25, 0.3) is 0 Å². The third-order valence-corrected chi connectivity index (χ3v) is 4.13. The standard InChI is InChI=1S/C14H16N6/c15-13-17-9-5-1-3-7(9)11(19-13)12-8-4-2-6-10(8)18-14(16)20-12/h1-6H2,(H2,15,17,19)(H2,16,18,20). The number of anilines is 2. The largest absolute Gasteiger partial charge is 0.368 e.